The average molecular weight is 385 g/mol. The van der Waals surface area contributed by atoms with Crippen LogP contribution in [0, 0.1) is 0 Å². The average Bonchev–Trinajstić information content (AvgIpc) is 2.92. The molecule has 3 amide bonds. The van der Waals surface area contributed by atoms with Crippen LogP contribution in [0.25, 0.3) is 0 Å². The molecule has 7 nitrogen and oxygen atoms in total. The smallest absolute Gasteiger partial charge is 0.322 e. The predicted molar refractivity (Wildman–Crippen MR) is 107 cm³/mol. The molecule has 8 heteroatoms. The number of thioether (sulfide) groups is 1. The van der Waals surface area contributed by atoms with Crippen LogP contribution in [0.15, 0.2) is 41.6 Å². The van der Waals surface area contributed by atoms with Gasteiger partial charge >= 0.3 is 6.03 Å². The van der Waals surface area contributed by atoms with Gasteiger partial charge in [0.25, 0.3) is 0 Å². The maximum atomic E-state index is 11.9. The number of hydrazone groups is 1. The third kappa shape index (κ3) is 3.18. The molecular weight excluding hydrogens is 362 g/mol. The Bertz CT molecular complexity index is 809. The fraction of sp³-hybridized carbons (Fsp3) is 0.421. The summed E-state index contributed by atoms with van der Waals surface area (Å²) in [6.07, 6.45) is 4.78. The number of nitrogens with two attached hydrogens (primary N) is 1. The number of amides is 3. The van der Waals surface area contributed by atoms with E-state index in [1.165, 1.54) is 0 Å². The van der Waals surface area contributed by atoms with Crippen molar-refractivity contribution < 1.29 is 9.59 Å². The molecule has 1 aromatic rings. The van der Waals surface area contributed by atoms with Crippen molar-refractivity contribution in [2.75, 3.05) is 11.5 Å². The van der Waals surface area contributed by atoms with Gasteiger partial charge in [-0.25, -0.2) is 10.2 Å². The third-order valence-electron chi connectivity index (χ3n) is 5.49. The van der Waals surface area contributed by atoms with E-state index in [0.717, 1.165) is 36.3 Å². The Hall–Kier alpha value is -2.48. The van der Waals surface area contributed by atoms with Crippen LogP contribution in [-0.2, 0) is 4.79 Å². The maximum absolute atomic E-state index is 11.9. The van der Waals surface area contributed by atoms with Crippen molar-refractivity contribution in [2.45, 2.75) is 42.5 Å². The van der Waals surface area contributed by atoms with Crippen molar-refractivity contribution in [3.63, 3.8) is 0 Å². The minimum absolute atomic E-state index is 0.00589. The summed E-state index contributed by atoms with van der Waals surface area (Å²) >= 11 is 1.90. The maximum Gasteiger partial charge on any atom is 0.322 e. The molecule has 3 atom stereocenters. The lowest BCUT2D eigenvalue weighted by atomic mass is 9.95. The van der Waals surface area contributed by atoms with Crippen molar-refractivity contribution in [2.24, 2.45) is 5.10 Å². The summed E-state index contributed by atoms with van der Waals surface area (Å²) in [6.45, 7) is 4.02. The van der Waals surface area contributed by atoms with Crippen LogP contribution in [0.3, 0.4) is 0 Å². The Labute approximate surface area is 162 Å². The number of hydrogen-bond acceptors (Lipinski definition) is 5. The summed E-state index contributed by atoms with van der Waals surface area (Å²) < 4.78 is 0. The van der Waals surface area contributed by atoms with E-state index < -0.39 is 0 Å². The summed E-state index contributed by atoms with van der Waals surface area (Å²) in [7, 11) is 0. The van der Waals surface area contributed by atoms with E-state index in [4.69, 9.17) is 5.73 Å². The van der Waals surface area contributed by atoms with Crippen LogP contribution in [-0.4, -0.2) is 45.6 Å². The monoisotopic (exact) mass is 385 g/mol. The molecule has 4 N–H and O–H groups in total. The largest absolute Gasteiger partial charge is 0.399 e. The van der Waals surface area contributed by atoms with Gasteiger partial charge in [-0.15, -0.1) is 0 Å². The highest BCUT2D eigenvalue weighted by molar-refractivity contribution is 8.00. The third-order valence-corrected chi connectivity index (χ3v) is 7.03. The van der Waals surface area contributed by atoms with Crippen LogP contribution in [0.1, 0.15) is 31.2 Å². The standard InChI is InChI=1S/C19H23N5O2S/c1-12-19-11-27-15(17(19)22-18(26)24(12)19)4-2-3-5-16(25)23-21-10-13-6-8-14(20)9-7-13/h6-10,15,17H,1-5,11,20H2,(H,22,26)(H,23,25). The molecular formula is C19H23N5O2S. The fourth-order valence-electron chi connectivity index (χ4n) is 3.95. The van der Waals surface area contributed by atoms with Crippen LogP contribution in [0.4, 0.5) is 10.5 Å². The highest BCUT2D eigenvalue weighted by atomic mass is 32.2. The second kappa shape index (κ2) is 6.92. The number of carbonyl (C=O) groups is 2. The van der Waals surface area contributed by atoms with Gasteiger partial charge in [0.05, 0.1) is 12.3 Å². The number of nitrogens with zero attached hydrogens (tertiary/aromatic N) is 2. The van der Waals surface area contributed by atoms with E-state index in [2.05, 4.69) is 22.4 Å². The lowest BCUT2D eigenvalue weighted by Crippen LogP contribution is -2.41. The number of carbonyl (C=O) groups excluding carboxylic acids is 2. The number of anilines is 1. The minimum Gasteiger partial charge on any atom is -0.399 e. The molecule has 3 saturated heterocycles. The molecule has 0 aliphatic carbocycles. The first-order valence-electron chi connectivity index (χ1n) is 9.11. The second-order valence-electron chi connectivity index (χ2n) is 7.19. The summed E-state index contributed by atoms with van der Waals surface area (Å²) in [5.74, 6) is 0.841. The lowest BCUT2D eigenvalue weighted by Gasteiger charge is -2.18. The van der Waals surface area contributed by atoms with E-state index in [1.807, 2.05) is 23.9 Å². The van der Waals surface area contributed by atoms with Crippen molar-refractivity contribution in [3.05, 3.63) is 42.1 Å². The zero-order valence-electron chi connectivity index (χ0n) is 15.0. The molecule has 0 radical (unpaired) electrons. The van der Waals surface area contributed by atoms with Gasteiger partial charge in [0, 0.05) is 28.8 Å². The summed E-state index contributed by atoms with van der Waals surface area (Å²) in [5.41, 5.74) is 10.6. The molecule has 4 rings (SSSR count). The van der Waals surface area contributed by atoms with Crippen LogP contribution >= 0.6 is 11.8 Å². The van der Waals surface area contributed by atoms with Gasteiger partial charge in [0.2, 0.25) is 5.91 Å². The van der Waals surface area contributed by atoms with Gasteiger partial charge in [-0.2, -0.15) is 16.9 Å². The predicted octanol–water partition coefficient (Wildman–Crippen LogP) is 2.05. The van der Waals surface area contributed by atoms with Crippen LogP contribution < -0.4 is 16.5 Å². The number of rotatable bonds is 7. The topological polar surface area (TPSA) is 99.6 Å². The van der Waals surface area contributed by atoms with Crippen LogP contribution in [0.2, 0.25) is 0 Å². The number of unbranched alkanes of at least 4 members (excludes halogenated alkanes) is 1. The van der Waals surface area contributed by atoms with Gasteiger partial charge < -0.3 is 11.1 Å². The molecule has 27 heavy (non-hydrogen) atoms. The number of nitrogens with one attached hydrogen (secondary N) is 2. The van der Waals surface area contributed by atoms with E-state index in [9.17, 15) is 9.59 Å². The van der Waals surface area contributed by atoms with Crippen molar-refractivity contribution in [1.82, 2.24) is 15.6 Å². The second-order valence-corrected chi connectivity index (χ2v) is 8.42. The Morgan fingerprint density at radius 3 is 2.96 bits per heavy atom. The molecule has 0 bridgehead atoms. The summed E-state index contributed by atoms with van der Waals surface area (Å²) in [6, 6.07) is 7.42. The Morgan fingerprint density at radius 1 is 1.44 bits per heavy atom. The summed E-state index contributed by atoms with van der Waals surface area (Å²) in [4.78, 5) is 25.6. The first-order valence-corrected chi connectivity index (χ1v) is 10.2. The van der Waals surface area contributed by atoms with E-state index >= 15 is 0 Å². The zero-order valence-corrected chi connectivity index (χ0v) is 15.8. The Kier molecular flexibility index (Phi) is 4.59. The zero-order chi connectivity index (χ0) is 19.0. The Morgan fingerprint density at radius 2 is 2.22 bits per heavy atom. The number of nitrogen functional groups attached to an aromatic ring is 1. The fourth-order valence-corrected chi connectivity index (χ4v) is 5.72. The molecule has 1 spiro atoms. The van der Waals surface area contributed by atoms with Gasteiger partial charge in [-0.05, 0) is 30.5 Å². The highest BCUT2D eigenvalue weighted by Gasteiger charge is 2.73. The van der Waals surface area contributed by atoms with Gasteiger partial charge in [0.1, 0.15) is 5.54 Å². The van der Waals surface area contributed by atoms with Gasteiger partial charge in [-0.3, -0.25) is 9.69 Å². The quantitative estimate of drug-likeness (QED) is 0.167. The molecule has 0 aromatic heterocycles. The molecule has 3 aliphatic heterocycles. The van der Waals surface area contributed by atoms with E-state index in [-0.39, 0.29) is 23.5 Å². The number of benzene rings is 1. The SMILES string of the molecule is C=C1N2C(=O)NC3C(CCCCC(=O)NN=Cc4ccc(N)cc4)SCC132. The number of hydrogen-bond donors (Lipinski definition) is 3. The molecule has 0 saturated carbocycles. The van der Waals surface area contributed by atoms with Gasteiger partial charge in [-0.1, -0.05) is 25.1 Å². The normalized spacial score (nSPS) is 28.2. The first kappa shape index (κ1) is 17.9. The Balaban J connectivity index is 1.16. The van der Waals surface area contributed by atoms with Crippen molar-refractivity contribution in [1.29, 1.82) is 0 Å². The molecule has 3 fully saturated rings. The highest BCUT2D eigenvalue weighted by Crippen LogP contribution is 2.59. The first-order chi connectivity index (χ1) is 13.0. The molecule has 3 unspecified atom stereocenters. The molecule has 3 heterocycles. The van der Waals surface area contributed by atoms with Crippen molar-refractivity contribution >= 4 is 35.6 Å². The van der Waals surface area contributed by atoms with E-state index in [0.29, 0.717) is 17.4 Å². The summed E-state index contributed by atoms with van der Waals surface area (Å²) in [5, 5.41) is 7.45. The van der Waals surface area contributed by atoms with Gasteiger partial charge in [0.15, 0.2) is 0 Å². The molecule has 142 valence electrons. The molecule has 3 aliphatic rings. The minimum atomic E-state index is -0.124. The number of urea groups is 1. The molecule has 1 aromatic carbocycles. The lowest BCUT2D eigenvalue weighted by molar-refractivity contribution is -0.121. The van der Waals surface area contributed by atoms with Crippen LogP contribution in [0.5, 0.6) is 0 Å². The van der Waals surface area contributed by atoms with E-state index in [1.54, 1.807) is 23.2 Å². The van der Waals surface area contributed by atoms with Crippen molar-refractivity contribution in [3.8, 4) is 0 Å².